The summed E-state index contributed by atoms with van der Waals surface area (Å²) in [5, 5.41) is 9.50. The van der Waals surface area contributed by atoms with E-state index in [1.165, 1.54) is 17.5 Å². The number of fused-ring (bicyclic) bond motifs is 1. The quantitative estimate of drug-likeness (QED) is 0.868. The van der Waals surface area contributed by atoms with Crippen LogP contribution < -0.4 is 4.74 Å². The van der Waals surface area contributed by atoms with Crippen LogP contribution in [0.3, 0.4) is 0 Å². The van der Waals surface area contributed by atoms with Crippen LogP contribution in [0, 0.1) is 6.92 Å². The highest BCUT2D eigenvalue weighted by molar-refractivity contribution is 5.41. The summed E-state index contributed by atoms with van der Waals surface area (Å²) in [7, 11) is 0. The third kappa shape index (κ3) is 2.76. The topological polar surface area (TPSA) is 29.5 Å². The van der Waals surface area contributed by atoms with Gasteiger partial charge in [0.25, 0.3) is 0 Å². The van der Waals surface area contributed by atoms with E-state index >= 15 is 0 Å². The van der Waals surface area contributed by atoms with Crippen molar-refractivity contribution >= 4 is 0 Å². The maximum absolute atomic E-state index is 9.50. The zero-order chi connectivity index (χ0) is 15.0. The number of rotatable bonds is 3. The molecule has 21 heavy (non-hydrogen) atoms. The van der Waals surface area contributed by atoms with Gasteiger partial charge in [-0.2, -0.15) is 0 Å². The average molecular weight is 282 g/mol. The van der Waals surface area contributed by atoms with Gasteiger partial charge in [0.15, 0.2) is 0 Å². The van der Waals surface area contributed by atoms with E-state index in [1.807, 2.05) is 13.0 Å². The SMILES string of the molecule is Cc1cc(O)ccc1C(C)Oc1ccc2c(c1)CC[C@H]2C. The third-order valence-corrected chi connectivity index (χ3v) is 4.50. The Morgan fingerprint density at radius 1 is 1.19 bits per heavy atom. The van der Waals surface area contributed by atoms with E-state index < -0.39 is 0 Å². The summed E-state index contributed by atoms with van der Waals surface area (Å²) in [4.78, 5) is 0. The highest BCUT2D eigenvalue weighted by atomic mass is 16.5. The summed E-state index contributed by atoms with van der Waals surface area (Å²) in [6.07, 6.45) is 2.37. The second kappa shape index (κ2) is 5.44. The van der Waals surface area contributed by atoms with Gasteiger partial charge in [-0.05, 0) is 79.1 Å². The lowest BCUT2D eigenvalue weighted by Crippen LogP contribution is -2.05. The van der Waals surface area contributed by atoms with Gasteiger partial charge in [-0.25, -0.2) is 0 Å². The predicted molar refractivity (Wildman–Crippen MR) is 85.1 cm³/mol. The maximum Gasteiger partial charge on any atom is 0.121 e. The monoisotopic (exact) mass is 282 g/mol. The summed E-state index contributed by atoms with van der Waals surface area (Å²) in [5.74, 6) is 1.91. The lowest BCUT2D eigenvalue weighted by molar-refractivity contribution is 0.226. The number of hydrogen-bond acceptors (Lipinski definition) is 2. The Morgan fingerprint density at radius 2 is 2.00 bits per heavy atom. The zero-order valence-corrected chi connectivity index (χ0v) is 12.9. The summed E-state index contributed by atoms with van der Waals surface area (Å²) in [5.41, 5.74) is 5.06. The van der Waals surface area contributed by atoms with Crippen LogP contribution in [-0.2, 0) is 6.42 Å². The van der Waals surface area contributed by atoms with Crippen molar-refractivity contribution in [2.45, 2.75) is 45.6 Å². The summed E-state index contributed by atoms with van der Waals surface area (Å²) < 4.78 is 6.10. The number of aromatic hydroxyl groups is 1. The predicted octanol–water partition coefficient (Wildman–Crippen LogP) is 4.89. The van der Waals surface area contributed by atoms with E-state index in [1.54, 1.807) is 12.1 Å². The van der Waals surface area contributed by atoms with Crippen LogP contribution in [-0.4, -0.2) is 5.11 Å². The van der Waals surface area contributed by atoms with E-state index in [0.29, 0.717) is 11.7 Å². The van der Waals surface area contributed by atoms with Crippen molar-refractivity contribution in [3.63, 3.8) is 0 Å². The van der Waals surface area contributed by atoms with Gasteiger partial charge in [-0.1, -0.05) is 19.1 Å². The molecule has 110 valence electrons. The molecule has 0 aromatic heterocycles. The van der Waals surface area contributed by atoms with Crippen molar-refractivity contribution in [1.82, 2.24) is 0 Å². The van der Waals surface area contributed by atoms with Crippen molar-refractivity contribution in [2.75, 3.05) is 0 Å². The molecule has 2 nitrogen and oxygen atoms in total. The second-order valence-electron chi connectivity index (χ2n) is 6.10. The minimum Gasteiger partial charge on any atom is -0.508 e. The highest BCUT2D eigenvalue weighted by Gasteiger charge is 2.19. The molecular weight excluding hydrogens is 260 g/mol. The smallest absolute Gasteiger partial charge is 0.121 e. The molecule has 1 N–H and O–H groups in total. The van der Waals surface area contributed by atoms with Crippen LogP contribution in [0.25, 0.3) is 0 Å². The fourth-order valence-electron chi connectivity index (χ4n) is 3.26. The molecule has 0 saturated carbocycles. The van der Waals surface area contributed by atoms with Crippen LogP contribution in [0.1, 0.15) is 54.5 Å². The first-order valence-electron chi connectivity index (χ1n) is 7.63. The van der Waals surface area contributed by atoms with E-state index in [-0.39, 0.29) is 6.10 Å². The fraction of sp³-hybridized carbons (Fsp3) is 0.368. The van der Waals surface area contributed by atoms with E-state index in [9.17, 15) is 5.11 Å². The molecule has 0 aliphatic heterocycles. The molecule has 1 aliphatic rings. The van der Waals surface area contributed by atoms with Gasteiger partial charge < -0.3 is 9.84 Å². The van der Waals surface area contributed by atoms with Gasteiger partial charge in [0.1, 0.15) is 17.6 Å². The largest absolute Gasteiger partial charge is 0.508 e. The molecule has 1 unspecified atom stereocenters. The van der Waals surface area contributed by atoms with Gasteiger partial charge in [0, 0.05) is 0 Å². The first-order chi connectivity index (χ1) is 10.0. The van der Waals surface area contributed by atoms with Crippen LogP contribution in [0.15, 0.2) is 36.4 Å². The number of aryl methyl sites for hydroxylation is 2. The molecule has 2 aromatic carbocycles. The minimum atomic E-state index is -0.0255. The normalized spacial score (nSPS) is 18.3. The molecule has 3 rings (SSSR count). The number of phenolic OH excluding ortho intramolecular Hbond substituents is 1. The van der Waals surface area contributed by atoms with Gasteiger partial charge in [-0.3, -0.25) is 0 Å². The zero-order valence-electron chi connectivity index (χ0n) is 12.9. The molecule has 0 fully saturated rings. The third-order valence-electron chi connectivity index (χ3n) is 4.50. The standard InChI is InChI=1S/C19H22O2/c1-12-4-5-15-11-17(7-9-19(12)15)21-14(3)18-8-6-16(20)10-13(18)2/h6-12,14,20H,4-5H2,1-3H3/t12-,14?/m1/s1. The number of benzene rings is 2. The number of phenols is 1. The van der Waals surface area contributed by atoms with Crippen molar-refractivity contribution in [2.24, 2.45) is 0 Å². The van der Waals surface area contributed by atoms with E-state index in [4.69, 9.17) is 4.74 Å². The fourth-order valence-corrected chi connectivity index (χ4v) is 3.26. The molecule has 0 amide bonds. The first kappa shape index (κ1) is 14.0. The number of hydrogen-bond donors (Lipinski definition) is 1. The molecular formula is C19H22O2. The molecule has 1 aliphatic carbocycles. The Hall–Kier alpha value is -1.96. The molecule has 0 heterocycles. The first-order valence-corrected chi connectivity index (χ1v) is 7.63. The summed E-state index contributed by atoms with van der Waals surface area (Å²) >= 11 is 0. The van der Waals surface area contributed by atoms with Crippen molar-refractivity contribution < 1.29 is 9.84 Å². The lowest BCUT2D eigenvalue weighted by atomic mass is 10.0. The van der Waals surface area contributed by atoms with Crippen LogP contribution in [0.2, 0.25) is 0 Å². The highest BCUT2D eigenvalue weighted by Crippen LogP contribution is 2.36. The lowest BCUT2D eigenvalue weighted by Gasteiger charge is -2.18. The Balaban J connectivity index is 1.80. The van der Waals surface area contributed by atoms with E-state index in [0.717, 1.165) is 23.3 Å². The molecule has 0 radical (unpaired) electrons. The van der Waals surface area contributed by atoms with Gasteiger partial charge >= 0.3 is 0 Å². The van der Waals surface area contributed by atoms with Crippen LogP contribution in [0.4, 0.5) is 0 Å². The average Bonchev–Trinajstić information content (AvgIpc) is 2.80. The maximum atomic E-state index is 9.50. The molecule has 0 spiro atoms. The number of ether oxygens (including phenoxy) is 1. The Bertz CT molecular complexity index is 661. The molecule has 2 aromatic rings. The Morgan fingerprint density at radius 3 is 2.76 bits per heavy atom. The van der Waals surface area contributed by atoms with Crippen molar-refractivity contribution in [3.8, 4) is 11.5 Å². The minimum absolute atomic E-state index is 0.0255. The molecule has 0 saturated heterocycles. The van der Waals surface area contributed by atoms with Gasteiger partial charge in [0.05, 0.1) is 0 Å². The Kier molecular flexibility index (Phi) is 3.62. The van der Waals surface area contributed by atoms with E-state index in [2.05, 4.69) is 32.0 Å². The summed E-state index contributed by atoms with van der Waals surface area (Å²) in [6.45, 7) is 6.34. The molecule has 0 bridgehead atoms. The van der Waals surface area contributed by atoms with Crippen LogP contribution in [0.5, 0.6) is 11.5 Å². The summed E-state index contributed by atoms with van der Waals surface area (Å²) in [6, 6.07) is 11.9. The molecule has 2 heteroatoms. The van der Waals surface area contributed by atoms with Gasteiger partial charge in [-0.15, -0.1) is 0 Å². The molecule has 2 atom stereocenters. The van der Waals surface area contributed by atoms with Crippen molar-refractivity contribution in [1.29, 1.82) is 0 Å². The van der Waals surface area contributed by atoms with Gasteiger partial charge in [0.2, 0.25) is 0 Å². The second-order valence-corrected chi connectivity index (χ2v) is 6.10. The van der Waals surface area contributed by atoms with Crippen molar-refractivity contribution in [3.05, 3.63) is 58.7 Å². The Labute approximate surface area is 126 Å². The van der Waals surface area contributed by atoms with Crippen LogP contribution >= 0.6 is 0 Å².